The van der Waals surface area contributed by atoms with Crippen molar-refractivity contribution in [1.82, 2.24) is 9.62 Å². The number of piperidine rings is 1. The van der Waals surface area contributed by atoms with Crippen LogP contribution in [-0.4, -0.2) is 44.4 Å². The van der Waals surface area contributed by atoms with Gasteiger partial charge in [0.1, 0.15) is 5.69 Å². The highest BCUT2D eigenvalue weighted by Crippen LogP contribution is 2.30. The number of nitrogens with two attached hydrogens (primary N) is 1. The summed E-state index contributed by atoms with van der Waals surface area (Å²) in [6.45, 7) is 1.57. The second-order valence-electron chi connectivity index (χ2n) is 5.15. The third kappa shape index (κ3) is 3.49. The number of hydrogen-bond acceptors (Lipinski definition) is 6. The van der Waals surface area contributed by atoms with Crippen LogP contribution in [0, 0.1) is 10.1 Å². The first-order valence-corrected chi connectivity index (χ1v) is 8.03. The van der Waals surface area contributed by atoms with Crippen molar-refractivity contribution in [2.45, 2.75) is 23.8 Å². The lowest BCUT2D eigenvalue weighted by Gasteiger charge is -2.29. The maximum atomic E-state index is 12.4. The molecule has 21 heavy (non-hydrogen) atoms. The molecule has 0 unspecified atom stereocenters. The largest absolute Gasteiger partial charge is 0.393 e. The monoisotopic (exact) mass is 314 g/mol. The van der Waals surface area contributed by atoms with Crippen LogP contribution in [-0.2, 0) is 10.0 Å². The summed E-state index contributed by atoms with van der Waals surface area (Å²) in [5.74, 6) is 0. The van der Waals surface area contributed by atoms with E-state index in [1.54, 1.807) is 0 Å². The van der Waals surface area contributed by atoms with Crippen LogP contribution >= 0.6 is 0 Å². The minimum absolute atomic E-state index is 0.161. The predicted octanol–water partition coefficient (Wildman–Crippen LogP) is 0.550. The number of nitro groups is 1. The molecule has 0 saturated carbocycles. The Kier molecular flexibility index (Phi) is 4.45. The molecule has 0 atom stereocenters. The predicted molar refractivity (Wildman–Crippen MR) is 78.3 cm³/mol. The quantitative estimate of drug-likeness (QED) is 0.476. The Morgan fingerprint density at radius 3 is 2.57 bits per heavy atom. The number of sulfonamides is 1. The highest BCUT2D eigenvalue weighted by atomic mass is 32.2. The summed E-state index contributed by atoms with van der Waals surface area (Å²) in [6, 6.07) is 3.69. The van der Waals surface area contributed by atoms with Gasteiger partial charge >= 0.3 is 5.69 Å². The Morgan fingerprint density at radius 2 is 2.00 bits per heavy atom. The number of anilines is 1. The fourth-order valence-electron chi connectivity index (χ4n) is 2.36. The molecule has 0 spiro atoms. The van der Waals surface area contributed by atoms with E-state index >= 15 is 0 Å². The van der Waals surface area contributed by atoms with E-state index in [1.165, 1.54) is 18.2 Å². The molecule has 8 nitrogen and oxygen atoms in total. The van der Waals surface area contributed by atoms with Gasteiger partial charge in [0.25, 0.3) is 0 Å². The molecule has 1 heterocycles. The number of rotatable bonds is 4. The number of hydrogen-bond donors (Lipinski definition) is 2. The van der Waals surface area contributed by atoms with Crippen LogP contribution in [0.4, 0.5) is 11.4 Å². The average Bonchev–Trinajstić information content (AvgIpc) is 2.40. The first kappa shape index (κ1) is 15.7. The van der Waals surface area contributed by atoms with Crippen LogP contribution in [0.15, 0.2) is 23.1 Å². The fourth-order valence-corrected chi connectivity index (χ4v) is 3.87. The van der Waals surface area contributed by atoms with E-state index in [0.29, 0.717) is 12.8 Å². The van der Waals surface area contributed by atoms with E-state index in [9.17, 15) is 18.5 Å². The number of nitrogens with zero attached hydrogens (tertiary/aromatic N) is 2. The second kappa shape index (κ2) is 5.96. The molecule has 1 aromatic carbocycles. The maximum absolute atomic E-state index is 12.4. The summed E-state index contributed by atoms with van der Waals surface area (Å²) in [4.78, 5) is 12.0. The van der Waals surface area contributed by atoms with Crippen molar-refractivity contribution >= 4 is 21.4 Å². The molecule has 3 N–H and O–H groups in total. The van der Waals surface area contributed by atoms with Crippen LogP contribution in [0.5, 0.6) is 0 Å². The molecule has 0 bridgehead atoms. The van der Waals surface area contributed by atoms with Crippen molar-refractivity contribution in [2.24, 2.45) is 0 Å². The molecule has 1 saturated heterocycles. The van der Waals surface area contributed by atoms with Crippen LogP contribution in [0.3, 0.4) is 0 Å². The maximum Gasteiger partial charge on any atom is 0.312 e. The van der Waals surface area contributed by atoms with Crippen molar-refractivity contribution < 1.29 is 13.3 Å². The lowest BCUT2D eigenvalue weighted by Crippen LogP contribution is -2.43. The number of likely N-dealkylation sites (tertiary alicyclic amines) is 1. The van der Waals surface area contributed by atoms with E-state index in [-0.39, 0.29) is 16.6 Å². The molecule has 0 radical (unpaired) electrons. The van der Waals surface area contributed by atoms with Crippen LogP contribution in [0.25, 0.3) is 0 Å². The zero-order valence-electron chi connectivity index (χ0n) is 11.7. The number of benzene rings is 1. The molecular weight excluding hydrogens is 296 g/mol. The van der Waals surface area contributed by atoms with E-state index in [4.69, 9.17) is 5.73 Å². The number of nitrogen functional groups attached to an aromatic ring is 1. The van der Waals surface area contributed by atoms with Gasteiger partial charge in [0, 0.05) is 6.04 Å². The molecule has 9 heteroatoms. The summed E-state index contributed by atoms with van der Waals surface area (Å²) in [6.07, 6.45) is 1.34. The zero-order valence-corrected chi connectivity index (χ0v) is 12.5. The van der Waals surface area contributed by atoms with Gasteiger partial charge in [0.05, 0.1) is 4.92 Å². The van der Waals surface area contributed by atoms with Crippen LogP contribution < -0.4 is 10.5 Å². The van der Waals surface area contributed by atoms with Gasteiger partial charge in [-0.1, -0.05) is 6.07 Å². The van der Waals surface area contributed by atoms with Gasteiger partial charge in [0.15, 0.2) is 4.90 Å². The molecule has 116 valence electrons. The molecule has 0 aliphatic carbocycles. The van der Waals surface area contributed by atoms with Crippen molar-refractivity contribution in [2.75, 3.05) is 25.9 Å². The van der Waals surface area contributed by atoms with Crippen molar-refractivity contribution in [1.29, 1.82) is 0 Å². The minimum atomic E-state index is -3.97. The van der Waals surface area contributed by atoms with E-state index < -0.39 is 20.6 Å². The molecule has 1 aromatic rings. The van der Waals surface area contributed by atoms with Crippen LogP contribution in [0.2, 0.25) is 0 Å². The standard InChI is InChI=1S/C12H18N4O4S/c1-15-7-5-9(6-8-15)14-21(19,20)11-4-2-3-10(13)12(11)16(17)18/h2-4,9,14H,5-8,13H2,1H3. The van der Waals surface area contributed by atoms with Gasteiger partial charge in [-0.15, -0.1) is 0 Å². The lowest BCUT2D eigenvalue weighted by molar-refractivity contribution is -0.386. The molecule has 1 fully saturated rings. The Balaban J connectivity index is 2.28. The third-order valence-electron chi connectivity index (χ3n) is 3.54. The van der Waals surface area contributed by atoms with E-state index in [1.807, 2.05) is 7.05 Å². The number of nitrogens with one attached hydrogen (secondary N) is 1. The number of para-hydroxylation sites is 1. The summed E-state index contributed by atoms with van der Waals surface area (Å²) >= 11 is 0. The lowest BCUT2D eigenvalue weighted by atomic mass is 10.1. The van der Waals surface area contributed by atoms with Crippen molar-refractivity contribution in [3.63, 3.8) is 0 Å². The molecule has 0 aromatic heterocycles. The van der Waals surface area contributed by atoms with Crippen molar-refractivity contribution in [3.05, 3.63) is 28.3 Å². The van der Waals surface area contributed by atoms with Gasteiger partial charge in [-0.2, -0.15) is 0 Å². The van der Waals surface area contributed by atoms with Crippen LogP contribution in [0.1, 0.15) is 12.8 Å². The highest BCUT2D eigenvalue weighted by Gasteiger charge is 2.30. The molecule has 2 rings (SSSR count). The smallest absolute Gasteiger partial charge is 0.312 e. The summed E-state index contributed by atoms with van der Waals surface area (Å²) in [7, 11) is -2.00. The van der Waals surface area contributed by atoms with Gasteiger partial charge in [-0.3, -0.25) is 10.1 Å². The Morgan fingerprint density at radius 1 is 1.38 bits per heavy atom. The second-order valence-corrected chi connectivity index (χ2v) is 6.83. The first-order chi connectivity index (χ1) is 9.81. The molecular formula is C12H18N4O4S. The normalized spacial score (nSPS) is 17.8. The first-order valence-electron chi connectivity index (χ1n) is 6.55. The van der Waals surface area contributed by atoms with Gasteiger partial charge < -0.3 is 10.6 Å². The topological polar surface area (TPSA) is 119 Å². The SMILES string of the molecule is CN1CCC(NS(=O)(=O)c2cccc(N)c2[N+](=O)[O-])CC1. The van der Waals surface area contributed by atoms with Crippen molar-refractivity contribution in [3.8, 4) is 0 Å². The summed E-state index contributed by atoms with van der Waals surface area (Å²) in [5.41, 5.74) is 4.80. The summed E-state index contributed by atoms with van der Waals surface area (Å²) < 4.78 is 27.3. The minimum Gasteiger partial charge on any atom is -0.393 e. The summed E-state index contributed by atoms with van der Waals surface area (Å²) in [5, 5.41) is 11.1. The molecule has 1 aliphatic rings. The van der Waals surface area contributed by atoms with E-state index in [0.717, 1.165) is 13.1 Å². The van der Waals surface area contributed by atoms with Gasteiger partial charge in [0.2, 0.25) is 10.0 Å². The Hall–Kier alpha value is -1.71. The Bertz CT molecular complexity index is 639. The van der Waals surface area contributed by atoms with E-state index in [2.05, 4.69) is 9.62 Å². The average molecular weight is 314 g/mol. The fraction of sp³-hybridized carbons (Fsp3) is 0.500. The molecule has 1 aliphatic heterocycles. The molecule has 0 amide bonds. The Labute approximate surface area is 123 Å². The number of nitro benzene ring substituents is 1. The zero-order chi connectivity index (χ0) is 15.6. The van der Waals surface area contributed by atoms with Gasteiger partial charge in [-0.25, -0.2) is 13.1 Å². The highest BCUT2D eigenvalue weighted by molar-refractivity contribution is 7.89. The third-order valence-corrected chi connectivity index (χ3v) is 5.09. The van der Waals surface area contributed by atoms with Gasteiger partial charge in [-0.05, 0) is 45.1 Å².